The van der Waals surface area contributed by atoms with Gasteiger partial charge in [-0.15, -0.1) is 0 Å². The molecule has 1 aromatic carbocycles. The molecule has 0 heterocycles. The van der Waals surface area contributed by atoms with E-state index in [1.807, 2.05) is 0 Å². The molecule has 0 radical (unpaired) electrons. The van der Waals surface area contributed by atoms with E-state index in [9.17, 15) is 5.11 Å². The van der Waals surface area contributed by atoms with Crippen LogP contribution in [-0.2, 0) is 5.41 Å². The van der Waals surface area contributed by atoms with Crippen LogP contribution >= 0.6 is 0 Å². The highest BCUT2D eigenvalue weighted by atomic mass is 16.3. The van der Waals surface area contributed by atoms with E-state index in [1.165, 1.54) is 17.5 Å². The first kappa shape index (κ1) is 12.6. The summed E-state index contributed by atoms with van der Waals surface area (Å²) in [4.78, 5) is 0. The van der Waals surface area contributed by atoms with Crippen molar-refractivity contribution in [3.63, 3.8) is 0 Å². The summed E-state index contributed by atoms with van der Waals surface area (Å²) in [6.07, 6.45) is 4.22. The lowest BCUT2D eigenvalue weighted by Crippen LogP contribution is -2.18. The van der Waals surface area contributed by atoms with E-state index in [1.54, 1.807) is 0 Å². The zero-order valence-corrected chi connectivity index (χ0v) is 11.2. The van der Waals surface area contributed by atoms with E-state index in [-0.39, 0.29) is 11.5 Å². The van der Waals surface area contributed by atoms with E-state index >= 15 is 0 Å². The predicted octanol–water partition coefficient (Wildman–Crippen LogP) is 4.00. The Kier molecular flexibility index (Phi) is 3.58. The van der Waals surface area contributed by atoms with Crippen LogP contribution in [0.4, 0.5) is 0 Å². The summed E-state index contributed by atoms with van der Waals surface area (Å²) in [5.74, 6) is 0.563. The summed E-state index contributed by atoms with van der Waals surface area (Å²) < 4.78 is 0. The van der Waals surface area contributed by atoms with Gasteiger partial charge in [-0.1, -0.05) is 51.5 Å². The Morgan fingerprint density at radius 2 is 1.71 bits per heavy atom. The van der Waals surface area contributed by atoms with Crippen LogP contribution in [0.15, 0.2) is 24.3 Å². The van der Waals surface area contributed by atoms with Gasteiger partial charge in [0, 0.05) is 0 Å². The molecule has 0 unspecified atom stereocenters. The van der Waals surface area contributed by atoms with Crippen molar-refractivity contribution in [1.82, 2.24) is 0 Å². The number of aliphatic hydroxyl groups excluding tert-OH is 1. The molecule has 1 aliphatic rings. The molecule has 1 N–H and O–H groups in total. The fraction of sp³-hybridized carbons (Fsp3) is 0.625. The average Bonchev–Trinajstić information content (AvgIpc) is 2.28. The van der Waals surface area contributed by atoms with Crippen LogP contribution in [-0.4, -0.2) is 11.2 Å². The third-order valence-corrected chi connectivity index (χ3v) is 3.89. The Morgan fingerprint density at radius 1 is 1.06 bits per heavy atom. The van der Waals surface area contributed by atoms with Crippen molar-refractivity contribution < 1.29 is 5.11 Å². The molecule has 1 fully saturated rings. The van der Waals surface area contributed by atoms with Gasteiger partial charge in [-0.3, -0.25) is 0 Å². The van der Waals surface area contributed by atoms with Crippen molar-refractivity contribution in [3.05, 3.63) is 35.4 Å². The van der Waals surface area contributed by atoms with Gasteiger partial charge in [-0.25, -0.2) is 0 Å². The third-order valence-electron chi connectivity index (χ3n) is 3.89. The maximum atomic E-state index is 9.72. The molecular weight excluding hydrogens is 208 g/mol. The second kappa shape index (κ2) is 4.81. The zero-order valence-electron chi connectivity index (χ0n) is 11.2. The maximum absolute atomic E-state index is 9.72. The molecule has 0 amide bonds. The molecule has 1 aromatic rings. The van der Waals surface area contributed by atoms with Gasteiger partial charge in [0.2, 0.25) is 0 Å². The number of hydrogen-bond donors (Lipinski definition) is 1. The highest BCUT2D eigenvalue weighted by Gasteiger charge is 2.22. The van der Waals surface area contributed by atoms with Crippen LogP contribution in [0.2, 0.25) is 0 Å². The van der Waals surface area contributed by atoms with Crippen molar-refractivity contribution in [1.29, 1.82) is 0 Å². The summed E-state index contributed by atoms with van der Waals surface area (Å²) in [6.45, 7) is 6.73. The molecule has 1 aliphatic carbocycles. The maximum Gasteiger partial charge on any atom is 0.0546 e. The third kappa shape index (κ3) is 3.10. The van der Waals surface area contributed by atoms with Crippen molar-refractivity contribution in [2.75, 3.05) is 0 Å². The summed E-state index contributed by atoms with van der Waals surface area (Å²) >= 11 is 0. The van der Waals surface area contributed by atoms with Gasteiger partial charge in [-0.05, 0) is 41.7 Å². The molecule has 0 bridgehead atoms. The normalized spacial score (nSPS) is 25.9. The molecule has 2 atom stereocenters. The Balaban J connectivity index is 2.12. The number of benzene rings is 1. The monoisotopic (exact) mass is 232 g/mol. The van der Waals surface area contributed by atoms with Crippen LogP contribution in [0.1, 0.15) is 63.5 Å². The van der Waals surface area contributed by atoms with Gasteiger partial charge in [0.15, 0.2) is 0 Å². The second-order valence-electron chi connectivity index (χ2n) is 6.39. The van der Waals surface area contributed by atoms with E-state index in [2.05, 4.69) is 45.0 Å². The quantitative estimate of drug-likeness (QED) is 0.776. The molecular formula is C16H24O. The fourth-order valence-electron chi connectivity index (χ4n) is 2.72. The molecule has 2 rings (SSSR count). The lowest BCUT2D eigenvalue weighted by molar-refractivity contribution is 0.119. The predicted molar refractivity (Wildman–Crippen MR) is 72.4 cm³/mol. The summed E-state index contributed by atoms with van der Waals surface area (Å²) in [7, 11) is 0. The van der Waals surface area contributed by atoms with Gasteiger partial charge in [0.25, 0.3) is 0 Å². The smallest absolute Gasteiger partial charge is 0.0546 e. The SMILES string of the molecule is CC(C)(C)c1ccc([C@H]2CCC[C@@H](O)C2)cc1. The largest absolute Gasteiger partial charge is 0.393 e. The van der Waals surface area contributed by atoms with Crippen LogP contribution in [0, 0.1) is 0 Å². The zero-order chi connectivity index (χ0) is 12.5. The van der Waals surface area contributed by atoms with Gasteiger partial charge < -0.3 is 5.11 Å². The van der Waals surface area contributed by atoms with Crippen molar-refractivity contribution in [2.24, 2.45) is 0 Å². The molecule has 0 spiro atoms. The minimum absolute atomic E-state index is 0.0870. The molecule has 0 aliphatic heterocycles. The molecule has 17 heavy (non-hydrogen) atoms. The van der Waals surface area contributed by atoms with E-state index in [4.69, 9.17) is 0 Å². The van der Waals surface area contributed by atoms with Crippen LogP contribution < -0.4 is 0 Å². The van der Waals surface area contributed by atoms with Gasteiger partial charge in [0.05, 0.1) is 6.10 Å². The first-order valence-electron chi connectivity index (χ1n) is 6.75. The summed E-state index contributed by atoms with van der Waals surface area (Å²) in [5.41, 5.74) is 3.01. The fourth-order valence-corrected chi connectivity index (χ4v) is 2.72. The topological polar surface area (TPSA) is 20.2 Å². The second-order valence-corrected chi connectivity index (χ2v) is 6.39. The van der Waals surface area contributed by atoms with Crippen molar-refractivity contribution in [2.45, 2.75) is 63.9 Å². The lowest BCUT2D eigenvalue weighted by Gasteiger charge is -2.27. The van der Waals surface area contributed by atoms with E-state index in [0.717, 1.165) is 19.3 Å². The van der Waals surface area contributed by atoms with Gasteiger partial charge in [0.1, 0.15) is 0 Å². The summed E-state index contributed by atoms with van der Waals surface area (Å²) in [6, 6.07) is 9.00. The Labute approximate surface area is 105 Å². The molecule has 1 heteroatoms. The number of hydrogen-bond acceptors (Lipinski definition) is 1. The summed E-state index contributed by atoms with van der Waals surface area (Å²) in [5, 5.41) is 9.72. The molecule has 1 nitrogen and oxygen atoms in total. The Morgan fingerprint density at radius 3 is 2.24 bits per heavy atom. The molecule has 0 saturated heterocycles. The van der Waals surface area contributed by atoms with E-state index < -0.39 is 0 Å². The highest BCUT2D eigenvalue weighted by Crippen LogP contribution is 2.33. The van der Waals surface area contributed by atoms with Crippen LogP contribution in [0.25, 0.3) is 0 Å². The first-order chi connectivity index (χ1) is 7.97. The molecule has 0 aromatic heterocycles. The van der Waals surface area contributed by atoms with Crippen LogP contribution in [0.3, 0.4) is 0 Å². The number of rotatable bonds is 1. The molecule has 94 valence electrons. The average molecular weight is 232 g/mol. The van der Waals surface area contributed by atoms with Crippen molar-refractivity contribution >= 4 is 0 Å². The Hall–Kier alpha value is -0.820. The first-order valence-corrected chi connectivity index (χ1v) is 6.75. The standard InChI is InChI=1S/C16H24O/c1-16(2,3)14-9-7-12(8-10-14)13-5-4-6-15(17)11-13/h7-10,13,15,17H,4-6,11H2,1-3H3/t13-,15+/m0/s1. The van der Waals surface area contributed by atoms with E-state index in [0.29, 0.717) is 5.92 Å². The minimum Gasteiger partial charge on any atom is -0.393 e. The molecule has 1 saturated carbocycles. The number of aliphatic hydroxyl groups is 1. The van der Waals surface area contributed by atoms with Gasteiger partial charge >= 0.3 is 0 Å². The lowest BCUT2D eigenvalue weighted by atomic mass is 9.80. The highest BCUT2D eigenvalue weighted by molar-refractivity contribution is 5.29. The van der Waals surface area contributed by atoms with Gasteiger partial charge in [-0.2, -0.15) is 0 Å². The van der Waals surface area contributed by atoms with Crippen LogP contribution in [0.5, 0.6) is 0 Å². The minimum atomic E-state index is -0.0870. The Bertz CT molecular complexity index is 358. The van der Waals surface area contributed by atoms with Crippen molar-refractivity contribution in [3.8, 4) is 0 Å².